The van der Waals surface area contributed by atoms with Crippen LogP contribution in [0.4, 0.5) is 0 Å². The second-order valence-corrected chi connectivity index (χ2v) is 5.13. The van der Waals surface area contributed by atoms with Gasteiger partial charge in [0.05, 0.1) is 16.4 Å². The average molecular weight is 262 g/mol. The van der Waals surface area contributed by atoms with E-state index in [9.17, 15) is 14.4 Å². The molecule has 2 rings (SSSR count). The lowest BCUT2D eigenvalue weighted by atomic mass is 9.86. The van der Waals surface area contributed by atoms with E-state index in [0.29, 0.717) is 16.6 Å². The maximum Gasteiger partial charge on any atom is 0.323 e. The number of aromatic nitrogens is 2. The number of hydrogen-bond acceptors (Lipinski definition) is 3. The zero-order valence-corrected chi connectivity index (χ0v) is 10.6. The number of hydrogen-bond donors (Lipinski definition) is 3. The van der Waals surface area contributed by atoms with Crippen LogP contribution in [0.1, 0.15) is 30.6 Å². The molecule has 3 N–H and O–H groups in total. The second kappa shape index (κ2) is 4.38. The predicted molar refractivity (Wildman–Crippen MR) is 69.3 cm³/mol. The first kappa shape index (κ1) is 13.1. The van der Waals surface area contributed by atoms with Gasteiger partial charge in [0.25, 0.3) is 0 Å². The van der Waals surface area contributed by atoms with E-state index >= 15 is 0 Å². The molecule has 6 nitrogen and oxygen atoms in total. The third-order valence-electron chi connectivity index (χ3n) is 3.02. The molecule has 0 saturated heterocycles. The standard InChI is InChI=1S/C13H14N2O4/c1-13(2,11(17)18)6-10(16)7-3-4-8-9(5-7)15-12(19)14-8/h3-5H,6H2,1-2H3,(H,17,18)(H2,14,15,19). The Balaban J connectivity index is 2.31. The summed E-state index contributed by atoms with van der Waals surface area (Å²) in [6, 6.07) is 4.74. The Morgan fingerprint density at radius 2 is 1.84 bits per heavy atom. The largest absolute Gasteiger partial charge is 0.481 e. The number of H-pyrrole nitrogens is 2. The minimum Gasteiger partial charge on any atom is -0.481 e. The first-order valence-electron chi connectivity index (χ1n) is 5.78. The van der Waals surface area contributed by atoms with Gasteiger partial charge in [-0.1, -0.05) is 0 Å². The van der Waals surface area contributed by atoms with Crippen LogP contribution in [0.5, 0.6) is 0 Å². The lowest BCUT2D eigenvalue weighted by molar-refractivity contribution is -0.146. The highest BCUT2D eigenvalue weighted by Crippen LogP contribution is 2.23. The van der Waals surface area contributed by atoms with Crippen LogP contribution in [0.15, 0.2) is 23.0 Å². The van der Waals surface area contributed by atoms with Gasteiger partial charge in [-0.05, 0) is 32.0 Å². The van der Waals surface area contributed by atoms with Crippen molar-refractivity contribution in [2.75, 3.05) is 0 Å². The van der Waals surface area contributed by atoms with Gasteiger partial charge in [-0.15, -0.1) is 0 Å². The molecule has 100 valence electrons. The molecule has 0 aliphatic rings. The van der Waals surface area contributed by atoms with E-state index < -0.39 is 11.4 Å². The lowest BCUT2D eigenvalue weighted by Gasteiger charge is -2.17. The number of carboxylic acid groups (broad SMARTS) is 1. The first-order chi connectivity index (χ1) is 8.79. The molecule has 0 amide bonds. The van der Waals surface area contributed by atoms with E-state index in [2.05, 4.69) is 9.97 Å². The minimum atomic E-state index is -1.11. The third kappa shape index (κ3) is 2.57. The maximum absolute atomic E-state index is 12.0. The van der Waals surface area contributed by atoms with Crippen LogP contribution in [-0.2, 0) is 4.79 Å². The molecule has 0 atom stereocenters. The predicted octanol–water partition coefficient (Wildman–Crippen LogP) is 1.54. The Bertz CT molecular complexity index is 709. The topological polar surface area (TPSA) is 103 Å². The highest BCUT2D eigenvalue weighted by atomic mass is 16.4. The summed E-state index contributed by atoms with van der Waals surface area (Å²) in [5, 5.41) is 9.01. The van der Waals surface area contributed by atoms with Gasteiger partial charge in [-0.25, -0.2) is 4.79 Å². The molecule has 0 bridgehead atoms. The summed E-state index contributed by atoms with van der Waals surface area (Å²) in [6.45, 7) is 3.01. The van der Waals surface area contributed by atoms with Gasteiger partial charge >= 0.3 is 11.7 Å². The molecule has 0 fully saturated rings. The summed E-state index contributed by atoms with van der Waals surface area (Å²) in [5.41, 5.74) is 0.0722. The molecule has 0 spiro atoms. The Kier molecular flexibility index (Phi) is 3.01. The van der Waals surface area contributed by atoms with Crippen molar-refractivity contribution in [3.63, 3.8) is 0 Å². The first-order valence-corrected chi connectivity index (χ1v) is 5.78. The number of rotatable bonds is 4. The molecule has 19 heavy (non-hydrogen) atoms. The third-order valence-corrected chi connectivity index (χ3v) is 3.02. The fraction of sp³-hybridized carbons (Fsp3) is 0.308. The summed E-state index contributed by atoms with van der Waals surface area (Å²) in [4.78, 5) is 39.3. The van der Waals surface area contributed by atoms with E-state index in [4.69, 9.17) is 5.11 Å². The lowest BCUT2D eigenvalue weighted by Crippen LogP contribution is -2.26. The highest BCUT2D eigenvalue weighted by molar-refractivity contribution is 6.00. The number of fused-ring (bicyclic) bond motifs is 1. The zero-order valence-electron chi connectivity index (χ0n) is 10.6. The molecular weight excluding hydrogens is 248 g/mol. The van der Waals surface area contributed by atoms with Crippen LogP contribution in [0, 0.1) is 5.41 Å². The van der Waals surface area contributed by atoms with Crippen LogP contribution >= 0.6 is 0 Å². The minimum absolute atomic E-state index is 0.0947. The Hall–Kier alpha value is -2.37. The smallest absolute Gasteiger partial charge is 0.323 e. The number of aromatic amines is 2. The number of aliphatic carboxylic acids is 1. The number of benzene rings is 1. The van der Waals surface area contributed by atoms with Crippen LogP contribution in [-0.4, -0.2) is 26.8 Å². The number of imidazole rings is 1. The fourth-order valence-electron chi connectivity index (χ4n) is 1.79. The molecule has 0 saturated carbocycles. The van der Waals surface area contributed by atoms with E-state index in [1.54, 1.807) is 18.2 Å². The average Bonchev–Trinajstić information content (AvgIpc) is 2.66. The molecule has 0 aliphatic carbocycles. The van der Waals surface area contributed by atoms with Crippen molar-refractivity contribution in [2.24, 2.45) is 5.41 Å². The monoisotopic (exact) mass is 262 g/mol. The Labute approximate surface area is 108 Å². The summed E-state index contributed by atoms with van der Waals surface area (Å²) in [6.07, 6.45) is -0.0947. The van der Waals surface area contributed by atoms with E-state index in [0.717, 1.165) is 0 Å². The second-order valence-electron chi connectivity index (χ2n) is 5.13. The van der Waals surface area contributed by atoms with Crippen LogP contribution in [0.2, 0.25) is 0 Å². The highest BCUT2D eigenvalue weighted by Gasteiger charge is 2.30. The molecule has 6 heteroatoms. The number of carbonyl (C=O) groups is 2. The van der Waals surface area contributed by atoms with Crippen LogP contribution < -0.4 is 5.69 Å². The SMILES string of the molecule is CC(C)(CC(=O)c1ccc2[nH]c(=O)[nH]c2c1)C(=O)O. The van der Waals surface area contributed by atoms with Gasteiger partial charge in [0.1, 0.15) is 0 Å². The normalized spacial score (nSPS) is 11.7. The molecule has 1 heterocycles. The van der Waals surface area contributed by atoms with E-state index in [-0.39, 0.29) is 17.9 Å². The van der Waals surface area contributed by atoms with Crippen molar-refractivity contribution in [1.82, 2.24) is 9.97 Å². The quantitative estimate of drug-likeness (QED) is 0.727. The van der Waals surface area contributed by atoms with Crippen molar-refractivity contribution in [3.05, 3.63) is 34.2 Å². The number of carbonyl (C=O) groups excluding carboxylic acids is 1. The Morgan fingerprint density at radius 3 is 2.47 bits per heavy atom. The zero-order chi connectivity index (χ0) is 14.2. The number of ketones is 1. The summed E-state index contributed by atoms with van der Waals surface area (Å²) in [5.74, 6) is -1.28. The molecule has 0 aliphatic heterocycles. The molecule has 0 unspecified atom stereocenters. The van der Waals surface area contributed by atoms with Crippen molar-refractivity contribution >= 4 is 22.8 Å². The van der Waals surface area contributed by atoms with Crippen molar-refractivity contribution in [1.29, 1.82) is 0 Å². The van der Waals surface area contributed by atoms with Gasteiger partial charge in [0.15, 0.2) is 5.78 Å². The van der Waals surface area contributed by atoms with Crippen molar-refractivity contribution < 1.29 is 14.7 Å². The Morgan fingerprint density at radius 1 is 1.21 bits per heavy atom. The molecule has 2 aromatic rings. The molecule has 0 radical (unpaired) electrons. The summed E-state index contributed by atoms with van der Waals surface area (Å²) in [7, 11) is 0. The van der Waals surface area contributed by atoms with E-state index in [1.807, 2.05) is 0 Å². The summed E-state index contributed by atoms with van der Waals surface area (Å²) >= 11 is 0. The van der Waals surface area contributed by atoms with Crippen molar-refractivity contribution in [2.45, 2.75) is 20.3 Å². The van der Waals surface area contributed by atoms with Crippen LogP contribution in [0.25, 0.3) is 11.0 Å². The maximum atomic E-state index is 12.0. The number of carboxylic acids is 1. The van der Waals surface area contributed by atoms with Gasteiger partial charge in [0, 0.05) is 12.0 Å². The molecular formula is C13H14N2O4. The van der Waals surface area contributed by atoms with Gasteiger partial charge in [-0.3, -0.25) is 9.59 Å². The number of nitrogens with one attached hydrogen (secondary N) is 2. The van der Waals surface area contributed by atoms with Gasteiger partial charge < -0.3 is 15.1 Å². The number of Topliss-reactive ketones (excluding diaryl/α,β-unsaturated/α-hetero) is 1. The van der Waals surface area contributed by atoms with Gasteiger partial charge in [0.2, 0.25) is 0 Å². The fourth-order valence-corrected chi connectivity index (χ4v) is 1.79. The molecule has 1 aromatic heterocycles. The summed E-state index contributed by atoms with van der Waals surface area (Å²) < 4.78 is 0. The molecule has 1 aromatic carbocycles. The van der Waals surface area contributed by atoms with E-state index in [1.165, 1.54) is 13.8 Å². The van der Waals surface area contributed by atoms with Gasteiger partial charge in [-0.2, -0.15) is 0 Å². The van der Waals surface area contributed by atoms with Crippen molar-refractivity contribution in [3.8, 4) is 0 Å². The van der Waals surface area contributed by atoms with Crippen LogP contribution in [0.3, 0.4) is 0 Å².